The van der Waals surface area contributed by atoms with Crippen molar-refractivity contribution in [2.24, 2.45) is 0 Å². The fourth-order valence-electron chi connectivity index (χ4n) is 4.30. The van der Waals surface area contributed by atoms with Gasteiger partial charge in [0.15, 0.2) is 5.13 Å². The van der Waals surface area contributed by atoms with E-state index >= 15 is 0 Å². The minimum Gasteiger partial charge on any atom is -0.434 e. The second-order valence-corrected chi connectivity index (χ2v) is 11.1. The average molecular weight is 602 g/mol. The van der Waals surface area contributed by atoms with Gasteiger partial charge in [0.25, 0.3) is 5.91 Å². The number of unbranched alkanes of at least 4 members (excludes halogenated alkanes) is 2. The molecule has 3 aromatic rings. The number of benzene rings is 1. The summed E-state index contributed by atoms with van der Waals surface area (Å²) in [6.45, 7) is 10.4. The molecule has 11 nitrogen and oxygen atoms in total. The van der Waals surface area contributed by atoms with E-state index in [0.717, 1.165) is 56.8 Å². The largest absolute Gasteiger partial charge is 0.508 e. The number of para-hydroxylation sites is 1. The number of ether oxygens (including phenoxy) is 2. The molecule has 0 atom stereocenters. The van der Waals surface area contributed by atoms with Crippen molar-refractivity contribution in [2.45, 2.75) is 40.0 Å². The maximum absolute atomic E-state index is 12.8. The van der Waals surface area contributed by atoms with Crippen molar-refractivity contribution in [2.75, 3.05) is 61.5 Å². The minimum absolute atomic E-state index is 0.279. The Hall–Kier alpha value is -3.48. The van der Waals surface area contributed by atoms with Crippen molar-refractivity contribution in [1.29, 1.82) is 0 Å². The number of carbonyl (C=O) groups excluding carboxylic acids is 2. The average Bonchev–Trinajstić information content (AvgIpc) is 3.42. The summed E-state index contributed by atoms with van der Waals surface area (Å²) >= 11 is 7.48. The molecule has 0 spiro atoms. The van der Waals surface area contributed by atoms with E-state index in [1.807, 2.05) is 32.0 Å². The van der Waals surface area contributed by atoms with E-state index in [0.29, 0.717) is 52.1 Å². The topological polar surface area (TPSA) is 122 Å². The molecule has 4 rings (SSSR count). The Balaban J connectivity index is 1.26. The van der Waals surface area contributed by atoms with E-state index in [4.69, 9.17) is 21.1 Å². The third-order valence-corrected chi connectivity index (χ3v) is 7.77. The first-order valence-corrected chi connectivity index (χ1v) is 14.9. The molecule has 1 aliphatic heterocycles. The number of nitrogens with one attached hydrogen (secondary N) is 2. The third kappa shape index (κ3) is 9.00. The van der Waals surface area contributed by atoms with Crippen LogP contribution in [0.1, 0.15) is 47.2 Å². The first-order valence-electron chi connectivity index (χ1n) is 13.7. The fourth-order valence-corrected chi connectivity index (χ4v) is 5.29. The minimum atomic E-state index is -0.597. The summed E-state index contributed by atoms with van der Waals surface area (Å²) < 4.78 is 10.3. The van der Waals surface area contributed by atoms with Gasteiger partial charge in [-0.15, -0.1) is 0 Å². The number of piperazine rings is 1. The zero-order valence-electron chi connectivity index (χ0n) is 23.6. The third-order valence-electron chi connectivity index (χ3n) is 6.54. The highest BCUT2D eigenvalue weighted by molar-refractivity contribution is 7.17. The first-order chi connectivity index (χ1) is 19.8. The Kier molecular flexibility index (Phi) is 11.1. The zero-order chi connectivity index (χ0) is 29.2. The number of nitrogens with zero attached hydrogens (tertiary/aromatic N) is 5. The van der Waals surface area contributed by atoms with Crippen molar-refractivity contribution in [1.82, 2.24) is 19.9 Å². The molecule has 1 amide bonds. The van der Waals surface area contributed by atoms with Crippen LogP contribution >= 0.6 is 22.9 Å². The molecule has 0 radical (unpaired) electrons. The molecule has 0 aliphatic carbocycles. The lowest BCUT2D eigenvalue weighted by Crippen LogP contribution is -2.47. The van der Waals surface area contributed by atoms with E-state index < -0.39 is 6.16 Å². The molecule has 1 aromatic carbocycles. The van der Waals surface area contributed by atoms with E-state index in [1.165, 1.54) is 17.5 Å². The number of amides is 1. The van der Waals surface area contributed by atoms with E-state index in [2.05, 4.69) is 42.3 Å². The molecule has 0 bridgehead atoms. The summed E-state index contributed by atoms with van der Waals surface area (Å²) in [5.74, 6) is 1.76. The van der Waals surface area contributed by atoms with Crippen LogP contribution in [0.5, 0.6) is 0 Å². The molecule has 1 saturated heterocycles. The smallest absolute Gasteiger partial charge is 0.434 e. The highest BCUT2D eigenvalue weighted by atomic mass is 35.5. The normalized spacial score (nSPS) is 13.6. The number of aromatic nitrogens is 3. The van der Waals surface area contributed by atoms with Gasteiger partial charge in [0, 0.05) is 38.8 Å². The van der Waals surface area contributed by atoms with Crippen LogP contribution in [0.3, 0.4) is 0 Å². The van der Waals surface area contributed by atoms with Crippen LogP contribution in [0.2, 0.25) is 5.02 Å². The summed E-state index contributed by atoms with van der Waals surface area (Å²) in [7, 11) is 0. The summed E-state index contributed by atoms with van der Waals surface area (Å²) in [6, 6.07) is 7.35. The Bertz CT molecular complexity index is 1310. The van der Waals surface area contributed by atoms with Crippen LogP contribution in [-0.4, -0.2) is 77.9 Å². The Morgan fingerprint density at radius 3 is 2.61 bits per heavy atom. The monoisotopic (exact) mass is 601 g/mol. The van der Waals surface area contributed by atoms with Crippen LogP contribution < -0.4 is 15.5 Å². The second kappa shape index (κ2) is 14.9. The predicted octanol–water partition coefficient (Wildman–Crippen LogP) is 5.66. The molecule has 0 unspecified atom stereocenters. The van der Waals surface area contributed by atoms with Crippen LogP contribution in [0.25, 0.3) is 0 Å². The van der Waals surface area contributed by atoms with Gasteiger partial charge < -0.3 is 25.0 Å². The van der Waals surface area contributed by atoms with Crippen molar-refractivity contribution in [3.05, 3.63) is 51.7 Å². The first kappa shape index (κ1) is 30.5. The number of anilines is 4. The molecule has 13 heteroatoms. The van der Waals surface area contributed by atoms with Crippen molar-refractivity contribution in [3.63, 3.8) is 0 Å². The van der Waals surface area contributed by atoms with Gasteiger partial charge >= 0.3 is 6.16 Å². The van der Waals surface area contributed by atoms with Crippen molar-refractivity contribution >= 4 is 57.5 Å². The lowest BCUT2D eigenvalue weighted by molar-refractivity contribution is 0.0465. The van der Waals surface area contributed by atoms with Crippen LogP contribution in [0.15, 0.2) is 30.5 Å². The van der Waals surface area contributed by atoms with Gasteiger partial charge in [0.05, 0.1) is 23.5 Å². The molecule has 0 saturated carbocycles. The molecule has 41 heavy (non-hydrogen) atoms. The quantitative estimate of drug-likeness (QED) is 0.198. The van der Waals surface area contributed by atoms with Gasteiger partial charge in [0.2, 0.25) is 0 Å². The molecule has 1 fully saturated rings. The molecule has 220 valence electrons. The highest BCUT2D eigenvalue weighted by Gasteiger charge is 2.20. The molecule has 1 aliphatic rings. The van der Waals surface area contributed by atoms with Crippen LogP contribution in [0.4, 0.5) is 27.2 Å². The zero-order valence-corrected chi connectivity index (χ0v) is 25.2. The van der Waals surface area contributed by atoms with Crippen molar-refractivity contribution < 1.29 is 19.1 Å². The number of rotatable bonds is 12. The predicted molar refractivity (Wildman–Crippen MR) is 162 cm³/mol. The SMILES string of the molecule is CCCCCOC(=O)OCCN1CCN(c2cc(Nc3ncc(C(=O)Nc4c(C)cccc4Cl)s3)nc(C)n2)CC1. The number of hydrogen-bond acceptors (Lipinski definition) is 11. The Labute approximate surface area is 249 Å². The van der Waals surface area contributed by atoms with Gasteiger partial charge in [-0.1, -0.05) is 54.8 Å². The molecule has 2 N–H and O–H groups in total. The summed E-state index contributed by atoms with van der Waals surface area (Å²) in [5, 5.41) is 7.11. The summed E-state index contributed by atoms with van der Waals surface area (Å²) in [4.78, 5) is 42.9. The summed E-state index contributed by atoms with van der Waals surface area (Å²) in [6.07, 6.45) is 3.91. The number of carbonyl (C=O) groups is 2. The summed E-state index contributed by atoms with van der Waals surface area (Å²) in [5.41, 5.74) is 1.47. The van der Waals surface area contributed by atoms with E-state index in [-0.39, 0.29) is 5.91 Å². The number of halogens is 1. The molecule has 3 heterocycles. The number of thiazole rings is 1. The van der Waals surface area contributed by atoms with Crippen LogP contribution in [-0.2, 0) is 9.47 Å². The highest BCUT2D eigenvalue weighted by Crippen LogP contribution is 2.28. The Morgan fingerprint density at radius 1 is 1.07 bits per heavy atom. The van der Waals surface area contributed by atoms with E-state index in [9.17, 15) is 9.59 Å². The van der Waals surface area contributed by atoms with Gasteiger partial charge in [-0.3, -0.25) is 9.69 Å². The standard InChI is InChI=1S/C28H36ClN7O4S/c1-4-5-6-15-39-28(38)40-16-14-35-10-12-36(13-11-35)24-17-23(31-20(3)32-24)33-27-30-18-22(41-27)26(37)34-25-19(2)8-7-9-21(25)29/h7-9,17-18H,4-6,10-16H2,1-3H3,(H,34,37)(H,30,31,32,33). The lowest BCUT2D eigenvalue weighted by atomic mass is 10.2. The second-order valence-electron chi connectivity index (χ2n) is 9.68. The molecule has 2 aromatic heterocycles. The van der Waals surface area contributed by atoms with Crippen LogP contribution in [0, 0.1) is 13.8 Å². The van der Waals surface area contributed by atoms with Gasteiger partial charge in [-0.25, -0.2) is 19.7 Å². The Morgan fingerprint density at radius 2 is 1.85 bits per heavy atom. The lowest BCUT2D eigenvalue weighted by Gasteiger charge is -2.35. The van der Waals surface area contributed by atoms with Gasteiger partial charge in [0.1, 0.15) is 28.9 Å². The number of hydrogen-bond donors (Lipinski definition) is 2. The van der Waals surface area contributed by atoms with Gasteiger partial charge in [-0.05, 0) is 31.9 Å². The molecular formula is C28H36ClN7O4S. The van der Waals surface area contributed by atoms with Crippen molar-refractivity contribution in [3.8, 4) is 0 Å². The molecular weight excluding hydrogens is 566 g/mol. The number of aryl methyl sites for hydroxylation is 2. The fraction of sp³-hybridized carbons (Fsp3) is 0.464. The van der Waals surface area contributed by atoms with Gasteiger partial charge in [-0.2, -0.15) is 0 Å². The maximum atomic E-state index is 12.8. The maximum Gasteiger partial charge on any atom is 0.508 e. The van der Waals surface area contributed by atoms with E-state index in [1.54, 1.807) is 6.07 Å².